The number of oxazole rings is 1. The smallest absolute Gasteiger partial charge is 0.300 e. The second-order valence-corrected chi connectivity index (χ2v) is 10.6. The third-order valence-electron chi connectivity index (χ3n) is 5.97. The predicted octanol–water partition coefficient (Wildman–Crippen LogP) is 4.53. The highest BCUT2D eigenvalue weighted by molar-refractivity contribution is 6.29. The second kappa shape index (κ2) is 8.96. The minimum atomic E-state index is 0.00505. The van der Waals surface area contributed by atoms with Gasteiger partial charge in [-0.25, -0.2) is 4.98 Å². The molecule has 10 heteroatoms. The van der Waals surface area contributed by atoms with Crippen LogP contribution >= 0.6 is 11.6 Å². The zero-order valence-corrected chi connectivity index (χ0v) is 21.0. The summed E-state index contributed by atoms with van der Waals surface area (Å²) >= 11 is 5.96. The van der Waals surface area contributed by atoms with Crippen molar-refractivity contribution in [3.8, 4) is 11.3 Å². The van der Waals surface area contributed by atoms with E-state index >= 15 is 0 Å². The summed E-state index contributed by atoms with van der Waals surface area (Å²) in [6.07, 6.45) is 1.94. The fourth-order valence-electron chi connectivity index (χ4n) is 4.29. The normalized spacial score (nSPS) is 16.8. The molecule has 35 heavy (non-hydrogen) atoms. The van der Waals surface area contributed by atoms with Gasteiger partial charge in [0, 0.05) is 43.3 Å². The lowest BCUT2D eigenvalue weighted by molar-refractivity contribution is 0.0724. The summed E-state index contributed by atoms with van der Waals surface area (Å²) in [5.41, 5.74) is 3.57. The van der Waals surface area contributed by atoms with Crippen molar-refractivity contribution in [2.45, 2.75) is 40.3 Å². The first-order valence-electron chi connectivity index (χ1n) is 11.7. The molecule has 4 aromatic rings. The number of piperazine rings is 1. The van der Waals surface area contributed by atoms with Crippen LogP contribution in [0.1, 0.15) is 38.1 Å². The summed E-state index contributed by atoms with van der Waals surface area (Å²) < 4.78 is 7.73. The van der Waals surface area contributed by atoms with E-state index < -0.39 is 0 Å². The molecule has 1 fully saturated rings. The Morgan fingerprint density at radius 2 is 1.89 bits per heavy atom. The fraction of sp³-hybridized carbons (Fsp3) is 0.400. The number of halogens is 1. The minimum absolute atomic E-state index is 0.00505. The molecule has 0 radical (unpaired) electrons. The van der Waals surface area contributed by atoms with E-state index in [9.17, 15) is 4.79 Å². The Bertz CT molecular complexity index is 1360. The molecule has 0 aliphatic carbocycles. The van der Waals surface area contributed by atoms with E-state index in [0.717, 1.165) is 17.8 Å². The average molecular weight is 494 g/mol. The molecule has 0 saturated carbocycles. The topological polar surface area (TPSA) is 93.2 Å². The van der Waals surface area contributed by atoms with Gasteiger partial charge in [0.05, 0.1) is 6.20 Å². The molecule has 1 atom stereocenters. The largest absolute Gasteiger partial charge is 0.422 e. The van der Waals surface area contributed by atoms with Crippen LogP contribution in [0.15, 0.2) is 47.0 Å². The Morgan fingerprint density at radius 3 is 2.60 bits per heavy atom. The Balaban J connectivity index is 1.25. The molecule has 1 aliphatic rings. The van der Waals surface area contributed by atoms with Gasteiger partial charge >= 0.3 is 0 Å². The van der Waals surface area contributed by atoms with Gasteiger partial charge in [0.25, 0.3) is 11.9 Å². The Labute approximate surface area is 208 Å². The Hall–Kier alpha value is -3.46. The van der Waals surface area contributed by atoms with E-state index in [1.807, 2.05) is 40.0 Å². The summed E-state index contributed by atoms with van der Waals surface area (Å²) in [5, 5.41) is 8.90. The first-order valence-corrected chi connectivity index (χ1v) is 12.0. The zero-order valence-electron chi connectivity index (χ0n) is 20.3. The van der Waals surface area contributed by atoms with Crippen molar-refractivity contribution >= 4 is 34.8 Å². The van der Waals surface area contributed by atoms with Gasteiger partial charge in [-0.1, -0.05) is 49.7 Å². The van der Waals surface area contributed by atoms with Crippen LogP contribution in [0.3, 0.4) is 0 Å². The van der Waals surface area contributed by atoms with Crippen LogP contribution in [0.2, 0.25) is 5.15 Å². The molecule has 4 heterocycles. The highest BCUT2D eigenvalue weighted by Crippen LogP contribution is 2.26. The van der Waals surface area contributed by atoms with E-state index in [0.29, 0.717) is 47.6 Å². The van der Waals surface area contributed by atoms with Crippen molar-refractivity contribution in [2.75, 3.05) is 24.5 Å². The van der Waals surface area contributed by atoms with Crippen LogP contribution in [-0.4, -0.2) is 61.4 Å². The van der Waals surface area contributed by atoms with Crippen molar-refractivity contribution in [2.24, 2.45) is 5.41 Å². The summed E-state index contributed by atoms with van der Waals surface area (Å²) in [4.78, 5) is 25.8. The van der Waals surface area contributed by atoms with Crippen molar-refractivity contribution in [3.63, 3.8) is 0 Å². The molecule has 5 rings (SSSR count). The number of carbonyl (C=O) groups is 1. The summed E-state index contributed by atoms with van der Waals surface area (Å²) in [7, 11) is 0. The van der Waals surface area contributed by atoms with Gasteiger partial charge < -0.3 is 14.2 Å². The number of aromatic nitrogens is 5. The number of rotatable bonds is 4. The molecular formula is C25H28ClN7O2. The Morgan fingerprint density at radius 1 is 1.11 bits per heavy atom. The maximum atomic E-state index is 13.2. The molecule has 3 aromatic heterocycles. The lowest BCUT2D eigenvalue weighted by atomic mass is 9.97. The summed E-state index contributed by atoms with van der Waals surface area (Å²) in [6.45, 7) is 11.1. The van der Waals surface area contributed by atoms with Crippen molar-refractivity contribution in [1.29, 1.82) is 0 Å². The zero-order chi connectivity index (χ0) is 24.7. The molecule has 0 bridgehead atoms. The monoisotopic (exact) mass is 493 g/mol. The SMILES string of the molecule is C[C@@H]1CN(C(=O)c2ccc(-c3cn(CC(C)(C)C)nn3)cc2)CCN1c1nc2nc(Cl)ccc2o1. The molecule has 182 valence electrons. The van der Waals surface area contributed by atoms with Crippen molar-refractivity contribution < 1.29 is 9.21 Å². The van der Waals surface area contributed by atoms with Gasteiger partial charge in [-0.2, -0.15) is 4.98 Å². The maximum Gasteiger partial charge on any atom is 0.300 e. The molecule has 0 unspecified atom stereocenters. The molecule has 9 nitrogen and oxygen atoms in total. The number of anilines is 1. The number of carbonyl (C=O) groups excluding carboxylic acids is 1. The third-order valence-corrected chi connectivity index (χ3v) is 6.18. The van der Waals surface area contributed by atoms with Gasteiger partial charge in [-0.05, 0) is 36.6 Å². The number of pyridine rings is 1. The first-order chi connectivity index (χ1) is 16.7. The van der Waals surface area contributed by atoms with Gasteiger partial charge in [0.15, 0.2) is 5.58 Å². The van der Waals surface area contributed by atoms with E-state index in [-0.39, 0.29) is 17.4 Å². The van der Waals surface area contributed by atoms with E-state index in [1.54, 1.807) is 12.1 Å². The third kappa shape index (κ3) is 5.00. The Kier molecular flexibility index (Phi) is 5.96. The van der Waals surface area contributed by atoms with Crippen LogP contribution in [0, 0.1) is 5.41 Å². The van der Waals surface area contributed by atoms with Gasteiger partial charge in [-0.15, -0.1) is 5.10 Å². The lowest BCUT2D eigenvalue weighted by Crippen LogP contribution is -2.53. The molecule has 1 aliphatic heterocycles. The van der Waals surface area contributed by atoms with Crippen molar-refractivity contribution in [3.05, 3.63) is 53.3 Å². The molecule has 1 aromatic carbocycles. The number of hydrogen-bond donors (Lipinski definition) is 0. The predicted molar refractivity (Wildman–Crippen MR) is 134 cm³/mol. The van der Waals surface area contributed by atoms with Crippen LogP contribution < -0.4 is 4.90 Å². The maximum absolute atomic E-state index is 13.2. The second-order valence-electron chi connectivity index (χ2n) is 10.2. The number of benzene rings is 1. The fourth-order valence-corrected chi connectivity index (χ4v) is 4.44. The number of hydrogen-bond acceptors (Lipinski definition) is 7. The van der Waals surface area contributed by atoms with Crippen molar-refractivity contribution in [1.82, 2.24) is 29.9 Å². The number of amides is 1. The summed E-state index contributed by atoms with van der Waals surface area (Å²) in [5.74, 6) is 0.00505. The number of nitrogens with zero attached hydrogens (tertiary/aromatic N) is 7. The highest BCUT2D eigenvalue weighted by Gasteiger charge is 2.30. The van der Waals surface area contributed by atoms with Gasteiger partial charge in [0.2, 0.25) is 5.65 Å². The van der Waals surface area contributed by atoms with Gasteiger partial charge in [-0.3, -0.25) is 9.48 Å². The van der Waals surface area contributed by atoms with E-state index in [4.69, 9.17) is 16.0 Å². The van der Waals surface area contributed by atoms with Crippen LogP contribution in [-0.2, 0) is 6.54 Å². The molecule has 0 N–H and O–H groups in total. The first kappa shape index (κ1) is 23.3. The highest BCUT2D eigenvalue weighted by atomic mass is 35.5. The van der Waals surface area contributed by atoms with Crippen LogP contribution in [0.25, 0.3) is 22.5 Å². The van der Waals surface area contributed by atoms with Crippen LogP contribution in [0.4, 0.5) is 6.01 Å². The molecule has 0 spiro atoms. The average Bonchev–Trinajstić information content (AvgIpc) is 3.44. The molecule has 1 saturated heterocycles. The number of fused-ring (bicyclic) bond motifs is 1. The standard InChI is InChI=1S/C25H28ClN7O2/c1-16-13-31(11-12-33(16)24-28-22-20(35-24)9-10-21(26)27-22)23(34)18-7-5-17(6-8-18)19-14-32(30-29-19)15-25(2,3)4/h5-10,14,16H,11-13,15H2,1-4H3/t16-/m1/s1. The summed E-state index contributed by atoms with van der Waals surface area (Å²) in [6, 6.07) is 11.5. The lowest BCUT2D eigenvalue weighted by Gasteiger charge is -2.39. The minimum Gasteiger partial charge on any atom is -0.422 e. The molecular weight excluding hydrogens is 466 g/mol. The van der Waals surface area contributed by atoms with E-state index in [2.05, 4.69) is 52.9 Å². The van der Waals surface area contributed by atoms with Crippen LogP contribution in [0.5, 0.6) is 0 Å². The van der Waals surface area contributed by atoms with E-state index in [1.165, 1.54) is 0 Å². The molecule has 1 amide bonds. The quantitative estimate of drug-likeness (QED) is 0.385. The van der Waals surface area contributed by atoms with Gasteiger partial charge in [0.1, 0.15) is 10.8 Å².